The number of benzene rings is 2. The van der Waals surface area contributed by atoms with E-state index in [1.165, 1.54) is 14.2 Å². The predicted octanol–water partition coefficient (Wildman–Crippen LogP) is 3.62. The monoisotopic (exact) mass is 441 g/mol. The first kappa shape index (κ1) is 19.5. The lowest BCUT2D eigenvalue weighted by molar-refractivity contribution is -0.155. The molecule has 0 bridgehead atoms. The van der Waals surface area contributed by atoms with Gasteiger partial charge in [-0.3, -0.25) is 4.79 Å². The van der Waals surface area contributed by atoms with E-state index in [1.54, 1.807) is 6.07 Å². The molecule has 2 atom stereocenters. The standard InChI is InChI=1S/C25H19N3O5/c1-31-23(29)17-12-16-15-10-6-7-11-18(15)28-13-25(24(30)32-2)21(19(26-17)20(16)28)27-33-22(25)14-8-4-3-5-9-14/h3-12,22H,13H2,1-2H3/t22-,25-/m0/s1. The van der Waals surface area contributed by atoms with Crippen LogP contribution in [0.3, 0.4) is 0 Å². The number of carbonyl (C=O) groups excluding carboxylic acids is 2. The second-order valence-corrected chi connectivity index (χ2v) is 8.15. The number of oxime groups is 1. The van der Waals surface area contributed by atoms with Crippen LogP contribution in [0.15, 0.2) is 65.8 Å². The van der Waals surface area contributed by atoms with Crippen molar-refractivity contribution in [3.8, 4) is 0 Å². The van der Waals surface area contributed by atoms with Gasteiger partial charge in [0.05, 0.1) is 19.7 Å². The molecule has 164 valence electrons. The number of para-hydroxylation sites is 1. The van der Waals surface area contributed by atoms with Gasteiger partial charge in [0.25, 0.3) is 0 Å². The Morgan fingerprint density at radius 1 is 1.03 bits per heavy atom. The fourth-order valence-corrected chi connectivity index (χ4v) is 5.10. The number of ether oxygens (including phenoxy) is 2. The summed E-state index contributed by atoms with van der Waals surface area (Å²) in [5, 5.41) is 6.14. The van der Waals surface area contributed by atoms with E-state index >= 15 is 0 Å². The van der Waals surface area contributed by atoms with Crippen molar-refractivity contribution in [2.75, 3.05) is 14.2 Å². The summed E-state index contributed by atoms with van der Waals surface area (Å²) in [5.41, 5.74) is 2.13. The van der Waals surface area contributed by atoms with Crippen molar-refractivity contribution in [3.63, 3.8) is 0 Å². The molecular weight excluding hydrogens is 422 g/mol. The number of rotatable bonds is 3. The summed E-state index contributed by atoms with van der Waals surface area (Å²) >= 11 is 0. The number of hydrogen-bond donors (Lipinski definition) is 0. The molecule has 8 heteroatoms. The molecule has 2 aliphatic rings. The van der Waals surface area contributed by atoms with Crippen LogP contribution in [0.1, 0.15) is 27.8 Å². The van der Waals surface area contributed by atoms with Gasteiger partial charge in [-0.2, -0.15) is 0 Å². The molecule has 0 amide bonds. The van der Waals surface area contributed by atoms with Crippen LogP contribution in [0.2, 0.25) is 0 Å². The SMILES string of the molecule is COC(=O)c1cc2c3ccccc3n3c2c(n1)C1=NO[C@@H](c2ccccc2)[C@]1(C(=O)OC)C3. The van der Waals surface area contributed by atoms with Gasteiger partial charge in [-0.25, -0.2) is 9.78 Å². The van der Waals surface area contributed by atoms with Gasteiger partial charge in [-0.05, 0) is 17.7 Å². The van der Waals surface area contributed by atoms with E-state index in [9.17, 15) is 9.59 Å². The Kier molecular flexibility index (Phi) is 4.07. The quantitative estimate of drug-likeness (QED) is 0.451. The van der Waals surface area contributed by atoms with Gasteiger partial charge in [-0.15, -0.1) is 0 Å². The number of fused-ring (bicyclic) bond motifs is 5. The summed E-state index contributed by atoms with van der Waals surface area (Å²) in [4.78, 5) is 36.5. The first-order valence-electron chi connectivity index (χ1n) is 10.5. The van der Waals surface area contributed by atoms with E-state index in [4.69, 9.17) is 14.3 Å². The smallest absolute Gasteiger partial charge is 0.356 e. The number of methoxy groups -OCH3 is 2. The van der Waals surface area contributed by atoms with Crippen LogP contribution in [0.25, 0.3) is 21.8 Å². The Bertz CT molecular complexity index is 1490. The number of carbonyl (C=O) groups is 2. The summed E-state index contributed by atoms with van der Waals surface area (Å²) in [6, 6.07) is 19.0. The number of aromatic nitrogens is 2. The molecule has 0 unspecified atom stereocenters. The number of esters is 2. The molecule has 0 radical (unpaired) electrons. The molecule has 0 saturated carbocycles. The van der Waals surface area contributed by atoms with E-state index in [0.29, 0.717) is 11.4 Å². The van der Waals surface area contributed by atoms with Crippen molar-refractivity contribution >= 4 is 39.5 Å². The molecule has 0 fully saturated rings. The normalized spacial score (nSPS) is 20.8. The van der Waals surface area contributed by atoms with Gasteiger partial charge in [0.2, 0.25) is 0 Å². The highest BCUT2D eigenvalue weighted by Crippen LogP contribution is 2.52. The minimum Gasteiger partial charge on any atom is -0.468 e. The van der Waals surface area contributed by atoms with E-state index in [-0.39, 0.29) is 12.2 Å². The van der Waals surface area contributed by atoms with Gasteiger partial charge in [-0.1, -0.05) is 53.7 Å². The summed E-state index contributed by atoms with van der Waals surface area (Å²) < 4.78 is 12.3. The summed E-state index contributed by atoms with van der Waals surface area (Å²) in [6.45, 7) is 0.258. The van der Waals surface area contributed by atoms with Gasteiger partial charge in [0.1, 0.15) is 17.1 Å². The van der Waals surface area contributed by atoms with Crippen LogP contribution in [-0.2, 0) is 25.7 Å². The Hall–Kier alpha value is -4.20. The van der Waals surface area contributed by atoms with E-state index in [1.807, 2.05) is 54.6 Å². The van der Waals surface area contributed by atoms with Gasteiger partial charge in [0.15, 0.2) is 11.5 Å². The largest absolute Gasteiger partial charge is 0.468 e. The third kappa shape index (κ3) is 2.46. The zero-order valence-corrected chi connectivity index (χ0v) is 17.9. The topological polar surface area (TPSA) is 92.0 Å². The molecule has 2 aromatic carbocycles. The maximum atomic E-state index is 13.5. The maximum absolute atomic E-state index is 13.5. The van der Waals surface area contributed by atoms with Gasteiger partial charge in [0, 0.05) is 22.8 Å². The molecular formula is C25H19N3O5. The molecule has 0 saturated heterocycles. The lowest BCUT2D eigenvalue weighted by atomic mass is 9.72. The summed E-state index contributed by atoms with van der Waals surface area (Å²) in [7, 11) is 2.66. The third-order valence-corrected chi connectivity index (χ3v) is 6.55. The van der Waals surface area contributed by atoms with E-state index in [0.717, 1.165) is 27.4 Å². The Balaban J connectivity index is 1.71. The van der Waals surface area contributed by atoms with E-state index in [2.05, 4.69) is 14.7 Å². The highest BCUT2D eigenvalue weighted by molar-refractivity contribution is 6.25. The lowest BCUT2D eigenvalue weighted by Crippen LogP contribution is -2.48. The molecule has 8 nitrogen and oxygen atoms in total. The average molecular weight is 441 g/mol. The summed E-state index contributed by atoms with van der Waals surface area (Å²) in [5.74, 6) is -1.05. The lowest BCUT2D eigenvalue weighted by Gasteiger charge is -2.35. The fourth-order valence-electron chi connectivity index (χ4n) is 5.10. The molecule has 4 heterocycles. The number of hydrogen-bond acceptors (Lipinski definition) is 7. The number of pyridine rings is 1. The summed E-state index contributed by atoms with van der Waals surface area (Å²) in [6.07, 6.45) is -0.714. The molecule has 6 rings (SSSR count). The fraction of sp³-hybridized carbons (Fsp3) is 0.200. The molecule has 2 aliphatic heterocycles. The van der Waals surface area contributed by atoms with Crippen LogP contribution in [0.5, 0.6) is 0 Å². The Labute approximate surface area is 188 Å². The van der Waals surface area contributed by atoms with E-state index < -0.39 is 23.5 Å². The Morgan fingerprint density at radius 3 is 2.55 bits per heavy atom. The highest BCUT2D eigenvalue weighted by Gasteiger charge is 2.61. The second-order valence-electron chi connectivity index (χ2n) is 8.15. The van der Waals surface area contributed by atoms with Crippen molar-refractivity contribution in [2.24, 2.45) is 10.6 Å². The minimum absolute atomic E-state index is 0.134. The van der Waals surface area contributed by atoms with Gasteiger partial charge < -0.3 is 18.9 Å². The van der Waals surface area contributed by atoms with Crippen LogP contribution in [0.4, 0.5) is 0 Å². The molecule has 33 heavy (non-hydrogen) atoms. The third-order valence-electron chi connectivity index (χ3n) is 6.55. The van der Waals surface area contributed by atoms with Gasteiger partial charge >= 0.3 is 11.9 Å². The molecule has 0 spiro atoms. The van der Waals surface area contributed by atoms with Crippen LogP contribution < -0.4 is 0 Å². The van der Waals surface area contributed by atoms with Crippen LogP contribution >= 0.6 is 0 Å². The first-order valence-corrected chi connectivity index (χ1v) is 10.5. The van der Waals surface area contributed by atoms with Crippen molar-refractivity contribution < 1.29 is 23.9 Å². The minimum atomic E-state index is -1.28. The molecule has 2 aromatic heterocycles. The Morgan fingerprint density at radius 2 is 1.79 bits per heavy atom. The van der Waals surface area contributed by atoms with Crippen LogP contribution in [-0.4, -0.2) is 41.4 Å². The molecule has 0 aliphatic carbocycles. The van der Waals surface area contributed by atoms with Crippen molar-refractivity contribution in [3.05, 3.63) is 77.6 Å². The number of nitrogens with zero attached hydrogens (tertiary/aromatic N) is 3. The van der Waals surface area contributed by atoms with Crippen molar-refractivity contribution in [2.45, 2.75) is 12.6 Å². The average Bonchev–Trinajstić information content (AvgIpc) is 3.42. The maximum Gasteiger partial charge on any atom is 0.356 e. The zero-order chi connectivity index (χ0) is 22.7. The van der Waals surface area contributed by atoms with Crippen molar-refractivity contribution in [1.82, 2.24) is 9.55 Å². The molecule has 0 N–H and O–H groups in total. The first-order chi connectivity index (χ1) is 16.1. The highest BCUT2D eigenvalue weighted by atomic mass is 16.6. The van der Waals surface area contributed by atoms with Crippen molar-refractivity contribution in [1.29, 1.82) is 0 Å². The second kappa shape index (κ2) is 6.90. The zero-order valence-electron chi connectivity index (χ0n) is 17.9. The predicted molar refractivity (Wildman–Crippen MR) is 120 cm³/mol. The molecule has 4 aromatic rings. The van der Waals surface area contributed by atoms with Crippen LogP contribution in [0, 0.1) is 5.41 Å².